The number of benzene rings is 1. The second-order valence-electron chi connectivity index (χ2n) is 10.1. The molecule has 2 aliphatic carbocycles. The van der Waals surface area contributed by atoms with Gasteiger partial charge < -0.3 is 14.5 Å². The van der Waals surface area contributed by atoms with Crippen LogP contribution in [0.1, 0.15) is 53.2 Å². The molecule has 6 rings (SSSR count). The molecular formula is C29H27FN6O2. The van der Waals surface area contributed by atoms with Crippen LogP contribution in [0.2, 0.25) is 0 Å². The number of rotatable bonds is 8. The van der Waals surface area contributed by atoms with Gasteiger partial charge in [0, 0.05) is 37.0 Å². The molecule has 0 spiro atoms. The molecule has 4 aromatic rings. The number of pyridine rings is 2. The summed E-state index contributed by atoms with van der Waals surface area (Å²) in [5.74, 6) is 0.710. The molecular weight excluding hydrogens is 483 g/mol. The first kappa shape index (κ1) is 24.0. The van der Waals surface area contributed by atoms with Crippen molar-refractivity contribution < 1.29 is 9.18 Å². The molecule has 9 heteroatoms. The molecule has 2 saturated carbocycles. The summed E-state index contributed by atoms with van der Waals surface area (Å²) in [7, 11) is 1.80. The molecule has 192 valence electrons. The van der Waals surface area contributed by atoms with Gasteiger partial charge >= 0.3 is 0 Å². The summed E-state index contributed by atoms with van der Waals surface area (Å²) < 4.78 is 17.6. The number of hydrogen-bond donors (Lipinski definition) is 1. The van der Waals surface area contributed by atoms with E-state index in [0.717, 1.165) is 42.5 Å². The van der Waals surface area contributed by atoms with Gasteiger partial charge in [-0.05, 0) is 78.6 Å². The molecule has 1 amide bonds. The molecule has 0 aliphatic heterocycles. The van der Waals surface area contributed by atoms with Gasteiger partial charge in [-0.25, -0.2) is 9.37 Å². The fourth-order valence-electron chi connectivity index (χ4n) is 4.67. The number of aromatic nitrogens is 5. The molecule has 0 radical (unpaired) electrons. The fraction of sp³-hybridized carbons (Fsp3) is 0.276. The van der Waals surface area contributed by atoms with Crippen molar-refractivity contribution in [3.63, 3.8) is 0 Å². The topological polar surface area (TPSA) is 94.7 Å². The van der Waals surface area contributed by atoms with Crippen molar-refractivity contribution in [2.75, 3.05) is 5.32 Å². The standard InChI is InChI=1S/C29H27FN6O2/c1-3-17-10-24(29(38)36(14-17)15-18-4-5-18)28(37)33-26-12-20(11-25(32-26)19-6-7-19)22-9-8-21(30)13-23(22)27-34-31-16-35(27)2/h3,8-14,16,18-19H,1,4-7,15H2,2H3,(H,32,33,37). The number of halogens is 1. The van der Waals surface area contributed by atoms with Crippen molar-refractivity contribution in [1.29, 1.82) is 0 Å². The summed E-state index contributed by atoms with van der Waals surface area (Å²) >= 11 is 0. The van der Waals surface area contributed by atoms with Gasteiger partial charge in [-0.1, -0.05) is 18.7 Å². The van der Waals surface area contributed by atoms with Gasteiger partial charge in [0.2, 0.25) is 0 Å². The van der Waals surface area contributed by atoms with E-state index in [2.05, 4.69) is 22.1 Å². The van der Waals surface area contributed by atoms with Crippen LogP contribution in [-0.4, -0.2) is 30.2 Å². The van der Waals surface area contributed by atoms with Crippen molar-refractivity contribution >= 4 is 17.8 Å². The van der Waals surface area contributed by atoms with Crippen LogP contribution in [0.5, 0.6) is 0 Å². The van der Waals surface area contributed by atoms with E-state index in [4.69, 9.17) is 4.98 Å². The highest BCUT2D eigenvalue weighted by Gasteiger charge is 2.27. The summed E-state index contributed by atoms with van der Waals surface area (Å²) in [6.07, 6.45) is 9.14. The number of nitrogens with one attached hydrogen (secondary N) is 1. The number of anilines is 1. The zero-order chi connectivity index (χ0) is 26.4. The lowest BCUT2D eigenvalue weighted by molar-refractivity contribution is 0.102. The Morgan fingerprint density at radius 3 is 2.66 bits per heavy atom. The van der Waals surface area contributed by atoms with Crippen molar-refractivity contribution in [2.24, 2.45) is 13.0 Å². The normalized spacial score (nSPS) is 14.9. The molecule has 3 aromatic heterocycles. The van der Waals surface area contributed by atoms with Gasteiger partial charge in [-0.3, -0.25) is 9.59 Å². The van der Waals surface area contributed by atoms with E-state index in [1.165, 1.54) is 12.1 Å². The van der Waals surface area contributed by atoms with Crippen LogP contribution in [0.3, 0.4) is 0 Å². The highest BCUT2D eigenvalue weighted by molar-refractivity contribution is 6.04. The maximum absolute atomic E-state index is 14.3. The summed E-state index contributed by atoms with van der Waals surface area (Å²) in [5, 5.41) is 11.0. The van der Waals surface area contributed by atoms with E-state index in [0.29, 0.717) is 41.1 Å². The molecule has 0 atom stereocenters. The number of hydrogen-bond acceptors (Lipinski definition) is 5. The first-order chi connectivity index (χ1) is 18.4. The fourth-order valence-corrected chi connectivity index (χ4v) is 4.67. The van der Waals surface area contributed by atoms with Crippen LogP contribution in [0.15, 0.2) is 60.3 Å². The van der Waals surface area contributed by atoms with E-state index in [9.17, 15) is 14.0 Å². The first-order valence-corrected chi connectivity index (χ1v) is 12.7. The largest absolute Gasteiger partial charge is 0.317 e. The highest BCUT2D eigenvalue weighted by atomic mass is 19.1. The highest BCUT2D eigenvalue weighted by Crippen LogP contribution is 2.42. The second-order valence-corrected chi connectivity index (χ2v) is 10.1. The van der Waals surface area contributed by atoms with Gasteiger partial charge in [0.1, 0.15) is 23.5 Å². The lowest BCUT2D eigenvalue weighted by Crippen LogP contribution is -2.30. The molecule has 3 heterocycles. The second kappa shape index (κ2) is 9.48. The Morgan fingerprint density at radius 1 is 1.16 bits per heavy atom. The monoisotopic (exact) mass is 510 g/mol. The number of aryl methyl sites for hydroxylation is 1. The maximum Gasteiger partial charge on any atom is 0.263 e. The molecule has 1 N–H and O–H groups in total. The Hall–Kier alpha value is -4.40. The lowest BCUT2D eigenvalue weighted by atomic mass is 9.98. The van der Waals surface area contributed by atoms with E-state index in [1.54, 1.807) is 53.0 Å². The van der Waals surface area contributed by atoms with E-state index < -0.39 is 5.91 Å². The quantitative estimate of drug-likeness (QED) is 0.359. The van der Waals surface area contributed by atoms with Gasteiger partial charge in [0.25, 0.3) is 11.5 Å². The number of amides is 1. The average Bonchev–Trinajstić information content (AvgIpc) is 3.84. The molecule has 0 unspecified atom stereocenters. The van der Waals surface area contributed by atoms with Crippen LogP contribution in [0.4, 0.5) is 10.2 Å². The number of carbonyl (C=O) groups excluding carboxylic acids is 1. The molecule has 1 aromatic carbocycles. The zero-order valence-corrected chi connectivity index (χ0v) is 21.0. The molecule has 2 fully saturated rings. The third-order valence-corrected chi connectivity index (χ3v) is 7.07. The molecule has 0 bridgehead atoms. The Balaban J connectivity index is 1.40. The van der Waals surface area contributed by atoms with Crippen molar-refractivity contribution in [3.05, 3.63) is 88.5 Å². The summed E-state index contributed by atoms with van der Waals surface area (Å²) in [6, 6.07) is 9.80. The van der Waals surface area contributed by atoms with Gasteiger partial charge in [0.05, 0.1) is 0 Å². The van der Waals surface area contributed by atoms with Crippen LogP contribution in [0.25, 0.3) is 28.6 Å². The minimum Gasteiger partial charge on any atom is -0.317 e. The molecule has 38 heavy (non-hydrogen) atoms. The Bertz CT molecular complexity index is 1630. The minimum atomic E-state index is -0.526. The smallest absolute Gasteiger partial charge is 0.263 e. The predicted molar refractivity (Wildman–Crippen MR) is 143 cm³/mol. The summed E-state index contributed by atoms with van der Waals surface area (Å²) in [4.78, 5) is 31.2. The number of carbonyl (C=O) groups is 1. The van der Waals surface area contributed by atoms with Crippen molar-refractivity contribution in [1.82, 2.24) is 24.3 Å². The van der Waals surface area contributed by atoms with Gasteiger partial charge in [0.15, 0.2) is 5.82 Å². The SMILES string of the molecule is C=Cc1cc(C(=O)Nc2cc(-c3ccc(F)cc3-c3nncn3C)cc(C3CC3)n2)c(=O)n(CC2CC2)c1. The first-order valence-electron chi connectivity index (χ1n) is 12.7. The van der Waals surface area contributed by atoms with Crippen molar-refractivity contribution in [3.8, 4) is 22.5 Å². The van der Waals surface area contributed by atoms with Crippen LogP contribution < -0.4 is 10.9 Å². The Morgan fingerprint density at radius 2 is 1.97 bits per heavy atom. The Labute approximate surface area is 218 Å². The van der Waals surface area contributed by atoms with Crippen molar-refractivity contribution in [2.45, 2.75) is 38.1 Å². The van der Waals surface area contributed by atoms with E-state index in [1.807, 2.05) is 6.07 Å². The minimum absolute atomic E-state index is 0.0461. The summed E-state index contributed by atoms with van der Waals surface area (Å²) in [6.45, 7) is 4.40. The van der Waals surface area contributed by atoms with E-state index in [-0.39, 0.29) is 16.9 Å². The van der Waals surface area contributed by atoms with Crippen LogP contribution in [0, 0.1) is 11.7 Å². The van der Waals surface area contributed by atoms with Crippen LogP contribution in [-0.2, 0) is 13.6 Å². The molecule has 8 nitrogen and oxygen atoms in total. The molecule has 0 saturated heterocycles. The third kappa shape index (κ3) is 4.79. The summed E-state index contributed by atoms with van der Waals surface area (Å²) in [5.41, 5.74) is 3.35. The lowest BCUT2D eigenvalue weighted by Gasteiger charge is -2.14. The molecule has 2 aliphatic rings. The number of nitrogens with zero attached hydrogens (tertiary/aromatic N) is 5. The van der Waals surface area contributed by atoms with Crippen LogP contribution >= 0.6 is 0 Å². The third-order valence-electron chi connectivity index (χ3n) is 7.07. The zero-order valence-electron chi connectivity index (χ0n) is 21.0. The van der Waals surface area contributed by atoms with Gasteiger partial charge in [-0.2, -0.15) is 0 Å². The van der Waals surface area contributed by atoms with Gasteiger partial charge in [-0.15, -0.1) is 10.2 Å². The maximum atomic E-state index is 14.3. The Kier molecular flexibility index (Phi) is 5.98. The average molecular weight is 511 g/mol. The van der Waals surface area contributed by atoms with E-state index >= 15 is 0 Å². The predicted octanol–water partition coefficient (Wildman–Crippen LogP) is 5.03.